The Kier molecular flexibility index (Phi) is 7.00. The molecule has 7 nitrogen and oxygen atoms in total. The van der Waals surface area contributed by atoms with Gasteiger partial charge in [-0.05, 0) is 53.9 Å². The Morgan fingerprint density at radius 3 is 2.45 bits per heavy atom. The highest BCUT2D eigenvalue weighted by atomic mass is 16.5. The summed E-state index contributed by atoms with van der Waals surface area (Å²) >= 11 is 0. The molecule has 0 bridgehead atoms. The summed E-state index contributed by atoms with van der Waals surface area (Å²) in [6.07, 6.45) is 5.87. The minimum absolute atomic E-state index is 0.210. The maximum Gasteiger partial charge on any atom is 0.270 e. The van der Waals surface area contributed by atoms with Gasteiger partial charge in [-0.2, -0.15) is 0 Å². The monoisotopic (exact) mass is 392 g/mol. The molecule has 0 unspecified atom stereocenters. The van der Waals surface area contributed by atoms with E-state index in [2.05, 4.69) is 20.6 Å². The van der Waals surface area contributed by atoms with Crippen molar-refractivity contribution in [1.29, 1.82) is 0 Å². The summed E-state index contributed by atoms with van der Waals surface area (Å²) in [4.78, 5) is 20.4. The van der Waals surface area contributed by atoms with Crippen molar-refractivity contribution in [1.82, 2.24) is 15.3 Å². The third-order valence-electron chi connectivity index (χ3n) is 4.39. The van der Waals surface area contributed by atoms with E-state index in [0.717, 1.165) is 29.8 Å². The topological polar surface area (TPSA) is 85.4 Å². The van der Waals surface area contributed by atoms with Crippen LogP contribution in [0.3, 0.4) is 0 Å². The van der Waals surface area contributed by atoms with Gasteiger partial charge in [0.05, 0.1) is 26.1 Å². The van der Waals surface area contributed by atoms with Crippen LogP contribution in [0.1, 0.15) is 21.6 Å². The van der Waals surface area contributed by atoms with E-state index >= 15 is 0 Å². The van der Waals surface area contributed by atoms with Gasteiger partial charge >= 0.3 is 0 Å². The van der Waals surface area contributed by atoms with Gasteiger partial charge in [-0.25, -0.2) is 4.98 Å². The second-order valence-electron chi connectivity index (χ2n) is 6.34. The molecule has 0 aliphatic rings. The number of rotatable bonds is 9. The number of nitrogens with zero attached hydrogens (tertiary/aromatic N) is 2. The number of amides is 1. The van der Waals surface area contributed by atoms with E-state index in [0.29, 0.717) is 23.7 Å². The quantitative estimate of drug-likeness (QED) is 0.582. The van der Waals surface area contributed by atoms with E-state index < -0.39 is 0 Å². The number of methoxy groups -OCH3 is 2. The van der Waals surface area contributed by atoms with Crippen LogP contribution in [0.25, 0.3) is 0 Å². The number of ether oxygens (including phenoxy) is 2. The van der Waals surface area contributed by atoms with Crippen LogP contribution in [0.15, 0.2) is 61.1 Å². The molecule has 2 aromatic heterocycles. The van der Waals surface area contributed by atoms with Gasteiger partial charge in [0.25, 0.3) is 5.91 Å². The molecule has 7 heteroatoms. The zero-order valence-electron chi connectivity index (χ0n) is 16.5. The highest BCUT2D eigenvalue weighted by molar-refractivity contribution is 5.92. The van der Waals surface area contributed by atoms with Crippen molar-refractivity contribution < 1.29 is 14.3 Å². The first kappa shape index (κ1) is 20.1. The average Bonchev–Trinajstić information content (AvgIpc) is 2.78. The summed E-state index contributed by atoms with van der Waals surface area (Å²) in [6.45, 7) is 1.17. The lowest BCUT2D eigenvalue weighted by molar-refractivity contribution is 0.0946. The van der Waals surface area contributed by atoms with Crippen LogP contribution in [0.5, 0.6) is 11.5 Å². The summed E-state index contributed by atoms with van der Waals surface area (Å²) in [5, 5.41) is 6.16. The van der Waals surface area contributed by atoms with Gasteiger partial charge in [-0.1, -0.05) is 6.07 Å². The Morgan fingerprint density at radius 1 is 0.966 bits per heavy atom. The van der Waals surface area contributed by atoms with E-state index in [-0.39, 0.29) is 5.91 Å². The Labute approximate surface area is 170 Å². The number of carbonyl (C=O) groups is 1. The fraction of sp³-hybridized carbons (Fsp3) is 0.227. The minimum atomic E-state index is -0.210. The van der Waals surface area contributed by atoms with E-state index in [4.69, 9.17) is 9.47 Å². The molecule has 0 aliphatic heterocycles. The Hall–Kier alpha value is -3.61. The number of hydrogen-bond donors (Lipinski definition) is 2. The van der Waals surface area contributed by atoms with Gasteiger partial charge in [0.1, 0.15) is 5.69 Å². The molecule has 3 rings (SSSR count). The highest BCUT2D eigenvalue weighted by Crippen LogP contribution is 2.27. The maximum atomic E-state index is 12.2. The first-order valence-corrected chi connectivity index (χ1v) is 9.27. The average molecular weight is 392 g/mol. The Balaban J connectivity index is 1.48. The summed E-state index contributed by atoms with van der Waals surface area (Å²) in [5.74, 6) is 1.22. The number of carbonyl (C=O) groups excluding carboxylic acids is 1. The third-order valence-corrected chi connectivity index (χ3v) is 4.39. The predicted molar refractivity (Wildman–Crippen MR) is 111 cm³/mol. The van der Waals surface area contributed by atoms with Crippen LogP contribution < -0.4 is 20.1 Å². The summed E-state index contributed by atoms with van der Waals surface area (Å²) in [7, 11) is 3.25. The maximum absolute atomic E-state index is 12.2. The Morgan fingerprint density at radius 2 is 1.76 bits per heavy atom. The number of benzene rings is 1. The molecule has 1 amide bonds. The van der Waals surface area contributed by atoms with Crippen molar-refractivity contribution in [3.05, 3.63) is 77.9 Å². The molecule has 0 saturated heterocycles. The molecule has 0 saturated carbocycles. The molecule has 2 N–H and O–H groups in total. The van der Waals surface area contributed by atoms with Crippen molar-refractivity contribution in [2.24, 2.45) is 0 Å². The lowest BCUT2D eigenvalue weighted by Crippen LogP contribution is -2.23. The lowest BCUT2D eigenvalue weighted by Gasteiger charge is -2.11. The standard InChI is InChI=1S/C22H24N4O3/c1-28-20-6-3-16(13-21(20)29-2)9-12-24-18-4-5-19(25-15-18)22(27)26-14-17-7-10-23-11-8-17/h3-8,10-11,13,15,24H,9,12,14H2,1-2H3,(H,26,27). The largest absolute Gasteiger partial charge is 0.493 e. The van der Waals surface area contributed by atoms with Crippen molar-refractivity contribution >= 4 is 11.6 Å². The molecule has 150 valence electrons. The fourth-order valence-corrected chi connectivity index (χ4v) is 2.79. The van der Waals surface area contributed by atoms with Crippen LogP contribution in [-0.2, 0) is 13.0 Å². The number of nitrogens with one attached hydrogen (secondary N) is 2. The van der Waals surface area contributed by atoms with Gasteiger partial charge < -0.3 is 20.1 Å². The lowest BCUT2D eigenvalue weighted by atomic mass is 10.1. The van der Waals surface area contributed by atoms with Crippen molar-refractivity contribution in [2.75, 3.05) is 26.1 Å². The van der Waals surface area contributed by atoms with E-state index in [1.165, 1.54) is 0 Å². The molecule has 0 atom stereocenters. The van der Waals surface area contributed by atoms with E-state index in [9.17, 15) is 4.79 Å². The molecule has 0 radical (unpaired) electrons. The summed E-state index contributed by atoms with van der Waals surface area (Å²) in [6, 6.07) is 13.2. The predicted octanol–water partition coefficient (Wildman–Crippen LogP) is 3.08. The smallest absolute Gasteiger partial charge is 0.270 e. The second-order valence-corrected chi connectivity index (χ2v) is 6.34. The molecular formula is C22H24N4O3. The van der Waals surface area contributed by atoms with Gasteiger partial charge in [-0.15, -0.1) is 0 Å². The molecule has 0 aliphatic carbocycles. The van der Waals surface area contributed by atoms with Gasteiger partial charge in [0.15, 0.2) is 11.5 Å². The van der Waals surface area contributed by atoms with E-state index in [1.54, 1.807) is 38.9 Å². The zero-order chi connectivity index (χ0) is 20.5. The fourth-order valence-electron chi connectivity index (χ4n) is 2.79. The minimum Gasteiger partial charge on any atom is -0.493 e. The molecule has 2 heterocycles. The van der Waals surface area contributed by atoms with Gasteiger partial charge in [-0.3, -0.25) is 9.78 Å². The van der Waals surface area contributed by atoms with Crippen molar-refractivity contribution in [3.8, 4) is 11.5 Å². The molecule has 1 aromatic carbocycles. The SMILES string of the molecule is COc1ccc(CCNc2ccc(C(=O)NCc3ccncc3)nc2)cc1OC. The summed E-state index contributed by atoms with van der Waals surface area (Å²) in [5.41, 5.74) is 3.36. The van der Waals surface area contributed by atoms with Crippen LogP contribution >= 0.6 is 0 Å². The highest BCUT2D eigenvalue weighted by Gasteiger charge is 2.07. The first-order valence-electron chi connectivity index (χ1n) is 9.27. The van der Waals surface area contributed by atoms with Crippen LogP contribution in [0, 0.1) is 0 Å². The molecule has 3 aromatic rings. The molecular weight excluding hydrogens is 368 g/mol. The van der Waals surface area contributed by atoms with Crippen LogP contribution in [0.2, 0.25) is 0 Å². The van der Waals surface area contributed by atoms with Gasteiger partial charge in [0, 0.05) is 25.5 Å². The second kappa shape index (κ2) is 10.1. The summed E-state index contributed by atoms with van der Waals surface area (Å²) < 4.78 is 10.6. The number of hydrogen-bond acceptors (Lipinski definition) is 6. The number of aromatic nitrogens is 2. The van der Waals surface area contributed by atoms with E-state index in [1.807, 2.05) is 36.4 Å². The first-order chi connectivity index (χ1) is 14.2. The zero-order valence-corrected chi connectivity index (χ0v) is 16.5. The van der Waals surface area contributed by atoms with Crippen LogP contribution in [0.4, 0.5) is 5.69 Å². The van der Waals surface area contributed by atoms with Crippen LogP contribution in [-0.4, -0.2) is 36.6 Å². The normalized spacial score (nSPS) is 10.3. The molecule has 0 spiro atoms. The molecule has 29 heavy (non-hydrogen) atoms. The number of anilines is 1. The number of pyridine rings is 2. The third kappa shape index (κ3) is 5.68. The Bertz CT molecular complexity index is 931. The molecule has 0 fully saturated rings. The van der Waals surface area contributed by atoms with Crippen molar-refractivity contribution in [3.63, 3.8) is 0 Å². The van der Waals surface area contributed by atoms with Crippen molar-refractivity contribution in [2.45, 2.75) is 13.0 Å². The van der Waals surface area contributed by atoms with Gasteiger partial charge in [0.2, 0.25) is 0 Å².